The van der Waals surface area contributed by atoms with Gasteiger partial charge in [0.15, 0.2) is 0 Å². The summed E-state index contributed by atoms with van der Waals surface area (Å²) in [5.74, 6) is -0.461. The van der Waals surface area contributed by atoms with Gasteiger partial charge in [-0.3, -0.25) is 4.79 Å². The van der Waals surface area contributed by atoms with Crippen molar-refractivity contribution in [1.82, 2.24) is 4.31 Å². The zero-order valence-corrected chi connectivity index (χ0v) is 15.0. The molecule has 6 heteroatoms. The fourth-order valence-corrected chi connectivity index (χ4v) is 5.05. The molecule has 23 heavy (non-hydrogen) atoms. The molecule has 1 aliphatic heterocycles. The van der Waals surface area contributed by atoms with Crippen molar-refractivity contribution in [2.45, 2.75) is 24.3 Å². The number of fused-ring (bicyclic) bond motifs is 1. The van der Waals surface area contributed by atoms with E-state index in [0.29, 0.717) is 17.3 Å². The zero-order valence-electron chi connectivity index (χ0n) is 12.6. The van der Waals surface area contributed by atoms with E-state index >= 15 is 0 Å². The second-order valence-electron chi connectivity index (χ2n) is 5.59. The average molecular weight is 394 g/mol. The van der Waals surface area contributed by atoms with Crippen LogP contribution in [0.25, 0.3) is 0 Å². The summed E-state index contributed by atoms with van der Waals surface area (Å²) in [6.07, 6.45) is 0.512. The van der Waals surface area contributed by atoms with Gasteiger partial charge in [0.05, 0.1) is 10.9 Å². The molecule has 0 saturated carbocycles. The first kappa shape index (κ1) is 16.2. The smallest absolute Gasteiger partial charge is 0.268 e. The van der Waals surface area contributed by atoms with Crippen LogP contribution in [-0.2, 0) is 16.4 Å². The Morgan fingerprint density at radius 1 is 1.13 bits per heavy atom. The van der Waals surface area contributed by atoms with Crippen LogP contribution in [0.15, 0.2) is 53.4 Å². The number of nitrogens with zero attached hydrogens (tertiary/aromatic N) is 1. The number of sulfonamides is 1. The van der Waals surface area contributed by atoms with Gasteiger partial charge in [0.2, 0.25) is 0 Å². The van der Waals surface area contributed by atoms with Crippen LogP contribution in [0.1, 0.15) is 21.5 Å². The van der Waals surface area contributed by atoms with E-state index in [2.05, 4.69) is 15.9 Å². The molecule has 0 radical (unpaired) electrons. The van der Waals surface area contributed by atoms with Gasteiger partial charge in [0.25, 0.3) is 15.9 Å². The Bertz CT molecular complexity index is 846. The molecule has 120 valence electrons. The van der Waals surface area contributed by atoms with Crippen LogP contribution < -0.4 is 0 Å². The highest BCUT2D eigenvalue weighted by Crippen LogP contribution is 2.29. The van der Waals surface area contributed by atoms with Crippen molar-refractivity contribution in [3.05, 3.63) is 65.2 Å². The summed E-state index contributed by atoms with van der Waals surface area (Å²) in [7, 11) is -3.88. The molecular weight excluding hydrogens is 378 g/mol. The number of alkyl halides is 1. The Hall–Kier alpha value is -1.66. The van der Waals surface area contributed by atoms with Crippen LogP contribution in [0.5, 0.6) is 0 Å². The lowest BCUT2D eigenvalue weighted by molar-refractivity contribution is 0.0813. The predicted octanol–water partition coefficient (Wildman–Crippen LogP) is 3.15. The summed E-state index contributed by atoms with van der Waals surface area (Å²) in [5.41, 5.74) is 2.31. The van der Waals surface area contributed by atoms with E-state index in [9.17, 15) is 13.2 Å². The van der Waals surface area contributed by atoms with Crippen molar-refractivity contribution >= 4 is 31.9 Å². The molecule has 1 atom stereocenters. The quantitative estimate of drug-likeness (QED) is 0.752. The van der Waals surface area contributed by atoms with E-state index in [4.69, 9.17) is 0 Å². The summed E-state index contributed by atoms with van der Waals surface area (Å²) in [4.78, 5) is 12.9. The molecule has 2 aromatic carbocycles. The fourth-order valence-electron chi connectivity index (χ4n) is 2.77. The third-order valence-electron chi connectivity index (χ3n) is 3.99. The Kier molecular flexibility index (Phi) is 4.29. The number of rotatable bonds is 3. The molecule has 0 spiro atoms. The second-order valence-corrected chi connectivity index (χ2v) is 8.05. The van der Waals surface area contributed by atoms with Crippen molar-refractivity contribution < 1.29 is 13.2 Å². The van der Waals surface area contributed by atoms with Crippen LogP contribution >= 0.6 is 15.9 Å². The second kappa shape index (κ2) is 6.09. The number of hydrogen-bond donors (Lipinski definition) is 0. The lowest BCUT2D eigenvalue weighted by atomic mass is 9.96. The van der Waals surface area contributed by atoms with Crippen LogP contribution in [0, 0.1) is 6.92 Å². The molecule has 1 heterocycles. The molecule has 0 saturated heterocycles. The summed E-state index contributed by atoms with van der Waals surface area (Å²) < 4.78 is 27.0. The monoisotopic (exact) mass is 393 g/mol. The van der Waals surface area contributed by atoms with Crippen molar-refractivity contribution in [3.63, 3.8) is 0 Å². The number of carbonyl (C=O) groups is 1. The third-order valence-corrected chi connectivity index (χ3v) is 6.59. The Morgan fingerprint density at radius 3 is 2.43 bits per heavy atom. The number of carbonyl (C=O) groups excluding carboxylic acids is 1. The molecule has 0 bridgehead atoms. The molecule has 0 fully saturated rings. The first-order valence-electron chi connectivity index (χ1n) is 7.24. The molecule has 3 rings (SSSR count). The predicted molar refractivity (Wildman–Crippen MR) is 92.3 cm³/mol. The molecular formula is C17H16BrNO3S. The van der Waals surface area contributed by atoms with Gasteiger partial charge in [-0.2, -0.15) is 0 Å². The van der Waals surface area contributed by atoms with Crippen LogP contribution in [0.4, 0.5) is 0 Å². The van der Waals surface area contributed by atoms with E-state index < -0.39 is 22.0 Å². The maximum absolute atomic E-state index is 13.0. The van der Waals surface area contributed by atoms with E-state index in [1.807, 2.05) is 19.1 Å². The minimum Gasteiger partial charge on any atom is -0.268 e. The lowest BCUT2D eigenvalue weighted by Crippen LogP contribution is -2.49. The highest BCUT2D eigenvalue weighted by Gasteiger charge is 2.40. The number of aryl methyl sites for hydroxylation is 1. The standard InChI is InChI=1S/C17H16BrNO3S/c1-12-6-8-15(9-7-12)23(21,22)19-14(11-18)10-13-4-2-3-5-16(13)17(19)20/h2-9,14H,10-11H2,1H3/t14-/m0/s1. The minimum atomic E-state index is -3.88. The van der Waals surface area contributed by atoms with Gasteiger partial charge >= 0.3 is 0 Å². The van der Waals surface area contributed by atoms with Gasteiger partial charge in [-0.15, -0.1) is 0 Å². The molecule has 0 aliphatic carbocycles. The summed E-state index contributed by atoms with van der Waals surface area (Å²) in [5, 5.41) is 0.401. The highest BCUT2D eigenvalue weighted by atomic mass is 79.9. The summed E-state index contributed by atoms with van der Waals surface area (Å²) >= 11 is 3.35. The Balaban J connectivity index is 2.10. The van der Waals surface area contributed by atoms with E-state index in [-0.39, 0.29) is 4.90 Å². The number of halogens is 1. The first-order valence-corrected chi connectivity index (χ1v) is 9.80. The topological polar surface area (TPSA) is 54.5 Å². The fraction of sp³-hybridized carbons (Fsp3) is 0.235. The van der Waals surface area contributed by atoms with E-state index in [1.54, 1.807) is 36.4 Å². The number of benzene rings is 2. The average Bonchev–Trinajstić information content (AvgIpc) is 2.54. The van der Waals surface area contributed by atoms with Crippen LogP contribution in [0.3, 0.4) is 0 Å². The van der Waals surface area contributed by atoms with E-state index in [0.717, 1.165) is 15.4 Å². The van der Waals surface area contributed by atoms with Gasteiger partial charge in [-0.1, -0.05) is 51.8 Å². The van der Waals surface area contributed by atoms with Crippen LogP contribution in [0.2, 0.25) is 0 Å². The maximum atomic E-state index is 13.0. The minimum absolute atomic E-state index is 0.141. The molecule has 4 nitrogen and oxygen atoms in total. The molecule has 2 aromatic rings. The highest BCUT2D eigenvalue weighted by molar-refractivity contribution is 9.09. The van der Waals surface area contributed by atoms with Crippen LogP contribution in [-0.4, -0.2) is 30.0 Å². The first-order chi connectivity index (χ1) is 10.9. The van der Waals surface area contributed by atoms with Crippen molar-refractivity contribution in [3.8, 4) is 0 Å². The normalized spacial score (nSPS) is 17.9. The number of amides is 1. The molecule has 0 N–H and O–H groups in total. The molecule has 1 aliphatic rings. The maximum Gasteiger partial charge on any atom is 0.268 e. The van der Waals surface area contributed by atoms with Gasteiger partial charge in [-0.05, 0) is 37.1 Å². The lowest BCUT2D eigenvalue weighted by Gasteiger charge is -2.34. The zero-order chi connectivity index (χ0) is 16.6. The van der Waals surface area contributed by atoms with Gasteiger partial charge < -0.3 is 0 Å². The van der Waals surface area contributed by atoms with Crippen molar-refractivity contribution in [2.24, 2.45) is 0 Å². The SMILES string of the molecule is Cc1ccc(S(=O)(=O)N2C(=O)c3ccccc3C[C@H]2CBr)cc1. The summed E-state index contributed by atoms with van der Waals surface area (Å²) in [6.45, 7) is 1.89. The molecule has 0 aromatic heterocycles. The van der Waals surface area contributed by atoms with Crippen molar-refractivity contribution in [2.75, 3.05) is 5.33 Å². The van der Waals surface area contributed by atoms with E-state index in [1.165, 1.54) is 0 Å². The summed E-state index contributed by atoms with van der Waals surface area (Å²) in [6, 6.07) is 13.3. The Labute approximate surface area is 144 Å². The molecule has 1 amide bonds. The largest absolute Gasteiger partial charge is 0.268 e. The van der Waals surface area contributed by atoms with Crippen molar-refractivity contribution in [1.29, 1.82) is 0 Å². The van der Waals surface area contributed by atoms with Gasteiger partial charge in [0, 0.05) is 10.9 Å². The molecule has 0 unspecified atom stereocenters. The Morgan fingerprint density at radius 2 is 1.78 bits per heavy atom. The number of hydrogen-bond acceptors (Lipinski definition) is 3. The van der Waals surface area contributed by atoms with Gasteiger partial charge in [0.1, 0.15) is 0 Å². The third kappa shape index (κ3) is 2.81. The van der Waals surface area contributed by atoms with Gasteiger partial charge in [-0.25, -0.2) is 12.7 Å².